The summed E-state index contributed by atoms with van der Waals surface area (Å²) in [5, 5.41) is 7.00. The van der Waals surface area contributed by atoms with Crippen LogP contribution in [0.2, 0.25) is 0 Å². The molecule has 0 saturated carbocycles. The van der Waals surface area contributed by atoms with Gasteiger partial charge in [0, 0.05) is 7.05 Å². The third kappa shape index (κ3) is 4.84. The van der Waals surface area contributed by atoms with E-state index in [1.54, 1.807) is 11.7 Å². The van der Waals surface area contributed by atoms with E-state index >= 15 is 0 Å². The highest BCUT2D eigenvalue weighted by atomic mass is 16.5. The Bertz CT molecular complexity index is 798. The minimum absolute atomic E-state index is 0.0664. The zero-order chi connectivity index (χ0) is 19.3. The van der Waals surface area contributed by atoms with Crippen molar-refractivity contribution in [3.63, 3.8) is 0 Å². The smallest absolute Gasteiger partial charge is 0.310 e. The molecule has 0 fully saturated rings. The maximum Gasteiger partial charge on any atom is 0.310 e. The van der Waals surface area contributed by atoms with E-state index in [9.17, 15) is 9.59 Å². The van der Waals surface area contributed by atoms with Crippen LogP contribution in [-0.2, 0) is 21.4 Å². The van der Waals surface area contributed by atoms with E-state index in [1.807, 2.05) is 45.0 Å². The third-order valence-electron chi connectivity index (χ3n) is 4.09. The molecule has 1 aromatic heterocycles. The fourth-order valence-electron chi connectivity index (χ4n) is 2.45. The van der Waals surface area contributed by atoms with Gasteiger partial charge in [-0.2, -0.15) is 5.10 Å². The van der Waals surface area contributed by atoms with Crippen LogP contribution in [0.3, 0.4) is 0 Å². The lowest BCUT2D eigenvalue weighted by atomic mass is 10.2. The molecular formula is C19H25N3O4. The summed E-state index contributed by atoms with van der Waals surface area (Å²) in [7, 11) is 1.80. The van der Waals surface area contributed by atoms with Crippen molar-refractivity contribution in [2.24, 2.45) is 7.05 Å². The second-order valence-corrected chi connectivity index (χ2v) is 6.15. The Hall–Kier alpha value is -2.83. The fraction of sp³-hybridized carbons (Fsp3) is 0.421. The molecule has 7 heteroatoms. The van der Waals surface area contributed by atoms with Crippen LogP contribution in [0.4, 0.5) is 5.69 Å². The van der Waals surface area contributed by atoms with E-state index in [0.717, 1.165) is 17.0 Å². The number of para-hydroxylation sites is 1. The van der Waals surface area contributed by atoms with Crippen molar-refractivity contribution in [2.45, 2.75) is 40.2 Å². The quantitative estimate of drug-likeness (QED) is 0.769. The van der Waals surface area contributed by atoms with Crippen LogP contribution >= 0.6 is 0 Å². The number of aromatic nitrogens is 2. The topological polar surface area (TPSA) is 82.4 Å². The molecule has 0 spiro atoms. The first-order chi connectivity index (χ1) is 12.3. The van der Waals surface area contributed by atoms with Crippen molar-refractivity contribution < 1.29 is 19.1 Å². The molecule has 7 nitrogen and oxygen atoms in total. The van der Waals surface area contributed by atoms with E-state index < -0.39 is 18.0 Å². The first-order valence-electron chi connectivity index (χ1n) is 8.48. The van der Waals surface area contributed by atoms with E-state index in [0.29, 0.717) is 11.4 Å². The van der Waals surface area contributed by atoms with Gasteiger partial charge in [-0.25, -0.2) is 0 Å². The summed E-state index contributed by atoms with van der Waals surface area (Å²) >= 11 is 0. The monoisotopic (exact) mass is 359 g/mol. The molecular weight excluding hydrogens is 334 g/mol. The van der Waals surface area contributed by atoms with Crippen LogP contribution in [0.5, 0.6) is 5.75 Å². The van der Waals surface area contributed by atoms with Gasteiger partial charge in [-0.1, -0.05) is 18.2 Å². The first kappa shape index (κ1) is 19.5. The number of ether oxygens (including phenoxy) is 2. The largest absolute Gasteiger partial charge is 0.493 e. The van der Waals surface area contributed by atoms with Crippen molar-refractivity contribution >= 4 is 17.6 Å². The summed E-state index contributed by atoms with van der Waals surface area (Å²) in [6.45, 7) is 7.33. The Morgan fingerprint density at radius 1 is 1.23 bits per heavy atom. The minimum atomic E-state index is -0.903. The highest BCUT2D eigenvalue weighted by Gasteiger charge is 2.20. The minimum Gasteiger partial charge on any atom is -0.493 e. The number of amides is 1. The number of carbonyl (C=O) groups excluding carboxylic acids is 2. The number of anilines is 1. The molecule has 0 aliphatic carbocycles. The number of nitrogens with zero attached hydrogens (tertiary/aromatic N) is 2. The van der Waals surface area contributed by atoms with E-state index in [4.69, 9.17) is 9.47 Å². The van der Waals surface area contributed by atoms with Gasteiger partial charge in [0.15, 0.2) is 6.10 Å². The maximum absolute atomic E-state index is 12.2. The first-order valence-corrected chi connectivity index (χ1v) is 8.48. The van der Waals surface area contributed by atoms with Gasteiger partial charge in [0.1, 0.15) is 5.75 Å². The molecule has 0 saturated heterocycles. The predicted octanol–water partition coefficient (Wildman–Crippen LogP) is 2.68. The van der Waals surface area contributed by atoms with Crippen LogP contribution in [0, 0.1) is 20.8 Å². The van der Waals surface area contributed by atoms with E-state index in [2.05, 4.69) is 10.4 Å². The molecule has 2 rings (SSSR count). The Labute approximate surface area is 153 Å². The van der Waals surface area contributed by atoms with Crippen LogP contribution in [0.15, 0.2) is 24.3 Å². The highest BCUT2D eigenvalue weighted by molar-refractivity contribution is 5.96. The molecule has 0 bridgehead atoms. The normalized spacial score (nSPS) is 11.7. The van der Waals surface area contributed by atoms with Crippen molar-refractivity contribution in [3.05, 3.63) is 41.2 Å². The fourth-order valence-corrected chi connectivity index (χ4v) is 2.45. The Kier molecular flexibility index (Phi) is 6.38. The highest BCUT2D eigenvalue weighted by Crippen LogP contribution is 2.19. The second kappa shape index (κ2) is 8.51. The van der Waals surface area contributed by atoms with Crippen molar-refractivity contribution in [1.82, 2.24) is 9.78 Å². The molecule has 2 aromatic rings. The molecule has 0 unspecified atom stereocenters. The number of benzene rings is 1. The van der Waals surface area contributed by atoms with Crippen molar-refractivity contribution in [1.29, 1.82) is 0 Å². The molecule has 0 aliphatic heterocycles. The zero-order valence-electron chi connectivity index (χ0n) is 15.8. The SMILES string of the molecule is Cc1ccccc1OCCC(=O)O[C@H](C)C(=O)Nc1c(C)nn(C)c1C. The lowest BCUT2D eigenvalue weighted by molar-refractivity contribution is -0.153. The van der Waals surface area contributed by atoms with Crippen molar-refractivity contribution in [2.75, 3.05) is 11.9 Å². The molecule has 1 N–H and O–H groups in total. The van der Waals surface area contributed by atoms with Crippen LogP contribution in [0.25, 0.3) is 0 Å². The van der Waals surface area contributed by atoms with Gasteiger partial charge < -0.3 is 14.8 Å². The van der Waals surface area contributed by atoms with Gasteiger partial charge in [-0.05, 0) is 39.3 Å². The molecule has 0 radical (unpaired) electrons. The Balaban J connectivity index is 1.80. The van der Waals surface area contributed by atoms with E-state index in [-0.39, 0.29) is 13.0 Å². The number of rotatable bonds is 7. The molecule has 26 heavy (non-hydrogen) atoms. The van der Waals surface area contributed by atoms with Crippen LogP contribution in [0.1, 0.15) is 30.3 Å². The van der Waals surface area contributed by atoms with Gasteiger partial charge in [0.25, 0.3) is 5.91 Å². The van der Waals surface area contributed by atoms with Gasteiger partial charge in [-0.15, -0.1) is 0 Å². The average Bonchev–Trinajstić information content (AvgIpc) is 2.82. The maximum atomic E-state index is 12.2. The number of esters is 1. The lowest BCUT2D eigenvalue weighted by Gasteiger charge is -2.14. The van der Waals surface area contributed by atoms with Gasteiger partial charge in [0.05, 0.1) is 30.1 Å². The van der Waals surface area contributed by atoms with Gasteiger partial charge >= 0.3 is 5.97 Å². The average molecular weight is 359 g/mol. The third-order valence-corrected chi connectivity index (χ3v) is 4.09. The summed E-state index contributed by atoms with van der Waals surface area (Å²) in [4.78, 5) is 24.2. The summed E-state index contributed by atoms with van der Waals surface area (Å²) in [5.74, 6) is -0.146. The van der Waals surface area contributed by atoms with Gasteiger partial charge in [-0.3, -0.25) is 14.3 Å². The predicted molar refractivity (Wildman–Crippen MR) is 98.2 cm³/mol. The second-order valence-electron chi connectivity index (χ2n) is 6.15. The summed E-state index contributed by atoms with van der Waals surface area (Å²) in [6.07, 6.45) is -0.836. The number of carbonyl (C=O) groups is 2. The van der Waals surface area contributed by atoms with Crippen LogP contribution in [-0.4, -0.2) is 34.4 Å². The summed E-state index contributed by atoms with van der Waals surface area (Å²) in [5.41, 5.74) is 3.18. The number of aryl methyl sites for hydroxylation is 3. The van der Waals surface area contributed by atoms with Crippen LogP contribution < -0.4 is 10.1 Å². The Morgan fingerprint density at radius 2 is 1.92 bits per heavy atom. The zero-order valence-corrected chi connectivity index (χ0v) is 15.8. The molecule has 1 amide bonds. The lowest BCUT2D eigenvalue weighted by Crippen LogP contribution is -2.30. The molecule has 1 atom stereocenters. The molecule has 1 heterocycles. The summed E-state index contributed by atoms with van der Waals surface area (Å²) in [6, 6.07) is 7.57. The molecule has 0 aliphatic rings. The molecule has 140 valence electrons. The number of hydrogen-bond donors (Lipinski definition) is 1. The standard InChI is InChI=1S/C19H25N3O4/c1-12-8-6-7-9-16(12)25-11-10-17(23)26-15(4)19(24)20-18-13(2)21-22(5)14(18)3/h6-9,15H,10-11H2,1-5H3,(H,20,24)/t15-/m1/s1. The van der Waals surface area contributed by atoms with E-state index in [1.165, 1.54) is 6.92 Å². The number of nitrogens with one attached hydrogen (secondary N) is 1. The van der Waals surface area contributed by atoms with Gasteiger partial charge in [0.2, 0.25) is 0 Å². The Morgan fingerprint density at radius 3 is 2.54 bits per heavy atom. The summed E-state index contributed by atoms with van der Waals surface area (Å²) < 4.78 is 12.4. The number of hydrogen-bond acceptors (Lipinski definition) is 5. The molecule has 1 aromatic carbocycles. The van der Waals surface area contributed by atoms with Crippen molar-refractivity contribution in [3.8, 4) is 5.75 Å².